The number of aromatic nitrogens is 1. The van der Waals surface area contributed by atoms with E-state index < -0.39 is 0 Å². The van der Waals surface area contributed by atoms with Crippen molar-refractivity contribution < 1.29 is 9.84 Å². The highest BCUT2D eigenvalue weighted by Gasteiger charge is 2.02. The van der Waals surface area contributed by atoms with Gasteiger partial charge < -0.3 is 9.84 Å². The molecule has 0 atom stereocenters. The first-order valence-electron chi connectivity index (χ1n) is 6.78. The molecular formula is C18H14BrNO2. The highest BCUT2D eigenvalue weighted by atomic mass is 79.9. The van der Waals surface area contributed by atoms with Gasteiger partial charge in [0.1, 0.15) is 17.0 Å². The van der Waals surface area contributed by atoms with Crippen LogP contribution in [0.25, 0.3) is 23.1 Å². The topological polar surface area (TPSA) is 42.4 Å². The molecule has 110 valence electrons. The molecule has 0 unspecified atom stereocenters. The van der Waals surface area contributed by atoms with Gasteiger partial charge in [-0.2, -0.15) is 0 Å². The third-order valence-electron chi connectivity index (χ3n) is 3.34. The summed E-state index contributed by atoms with van der Waals surface area (Å²) < 4.78 is 6.12. The Bertz CT molecular complexity index is 859. The van der Waals surface area contributed by atoms with Crippen LogP contribution in [0.4, 0.5) is 0 Å². The third kappa shape index (κ3) is 2.97. The largest absolute Gasteiger partial charge is 0.506 e. The summed E-state index contributed by atoms with van der Waals surface area (Å²) in [4.78, 5) is 4.47. The Labute approximate surface area is 137 Å². The number of rotatable bonds is 3. The Kier molecular flexibility index (Phi) is 4.11. The number of ether oxygens (including phenoxy) is 1. The smallest absolute Gasteiger partial charge is 0.141 e. The third-order valence-corrected chi connectivity index (χ3v) is 3.96. The van der Waals surface area contributed by atoms with Gasteiger partial charge in [-0.1, -0.05) is 30.3 Å². The number of aromatic hydroxyl groups is 1. The maximum atomic E-state index is 9.87. The fourth-order valence-corrected chi connectivity index (χ4v) is 2.77. The van der Waals surface area contributed by atoms with E-state index >= 15 is 0 Å². The first-order chi connectivity index (χ1) is 10.7. The summed E-state index contributed by atoms with van der Waals surface area (Å²) in [6.45, 7) is 0. The number of hydrogen-bond donors (Lipinski definition) is 1. The van der Waals surface area contributed by atoms with Crippen molar-refractivity contribution in [1.29, 1.82) is 0 Å². The normalized spacial score (nSPS) is 11.2. The van der Waals surface area contributed by atoms with Gasteiger partial charge in [0.05, 0.1) is 17.3 Å². The average Bonchev–Trinajstić information content (AvgIpc) is 2.53. The highest BCUT2D eigenvalue weighted by molar-refractivity contribution is 9.10. The standard InChI is InChI=1S/C18H14BrNO2/c1-22-17-10-6-12(11-15(17)19)5-8-14-9-7-13-3-2-4-16(21)18(13)20-14/h2-11,21H,1H3/b8-5+. The van der Waals surface area contributed by atoms with Crippen molar-refractivity contribution in [1.82, 2.24) is 4.98 Å². The van der Waals surface area contributed by atoms with Crippen molar-refractivity contribution in [2.45, 2.75) is 0 Å². The molecule has 1 heterocycles. The zero-order valence-corrected chi connectivity index (χ0v) is 13.5. The van der Waals surface area contributed by atoms with E-state index in [4.69, 9.17) is 4.74 Å². The molecule has 0 saturated carbocycles. The number of pyridine rings is 1. The monoisotopic (exact) mass is 355 g/mol. The minimum Gasteiger partial charge on any atom is -0.506 e. The molecule has 0 saturated heterocycles. The number of para-hydroxylation sites is 1. The maximum Gasteiger partial charge on any atom is 0.141 e. The predicted octanol–water partition coefficient (Wildman–Crippen LogP) is 4.88. The zero-order chi connectivity index (χ0) is 15.5. The molecule has 4 heteroatoms. The van der Waals surface area contributed by atoms with Crippen LogP contribution in [0, 0.1) is 0 Å². The SMILES string of the molecule is COc1ccc(/C=C/c2ccc3cccc(O)c3n2)cc1Br. The fourth-order valence-electron chi connectivity index (χ4n) is 2.21. The van der Waals surface area contributed by atoms with Gasteiger partial charge in [0, 0.05) is 5.39 Å². The molecular weight excluding hydrogens is 342 g/mol. The number of phenolic OH excluding ortho intramolecular Hbond substituents is 1. The molecule has 3 rings (SSSR count). The summed E-state index contributed by atoms with van der Waals surface area (Å²) in [5.41, 5.74) is 2.44. The van der Waals surface area contributed by atoms with Crippen molar-refractivity contribution in [3.05, 3.63) is 64.3 Å². The molecule has 0 aliphatic rings. The van der Waals surface area contributed by atoms with E-state index in [-0.39, 0.29) is 5.75 Å². The summed E-state index contributed by atoms with van der Waals surface area (Å²) in [7, 11) is 1.64. The van der Waals surface area contributed by atoms with Crippen LogP contribution in [-0.4, -0.2) is 17.2 Å². The minimum absolute atomic E-state index is 0.194. The first kappa shape index (κ1) is 14.6. The van der Waals surface area contributed by atoms with E-state index in [1.54, 1.807) is 13.2 Å². The van der Waals surface area contributed by atoms with Crippen LogP contribution in [-0.2, 0) is 0 Å². The van der Waals surface area contributed by atoms with E-state index in [0.29, 0.717) is 5.52 Å². The molecule has 0 spiro atoms. The summed E-state index contributed by atoms with van der Waals surface area (Å²) in [6.07, 6.45) is 3.89. The molecule has 2 aromatic carbocycles. The van der Waals surface area contributed by atoms with Gasteiger partial charge in [0.15, 0.2) is 0 Å². The lowest BCUT2D eigenvalue weighted by Gasteiger charge is -2.04. The number of hydrogen-bond acceptors (Lipinski definition) is 3. The molecule has 1 aromatic heterocycles. The summed E-state index contributed by atoms with van der Waals surface area (Å²) in [5, 5.41) is 10.8. The Balaban J connectivity index is 1.92. The van der Waals surface area contributed by atoms with Crippen molar-refractivity contribution in [3.63, 3.8) is 0 Å². The van der Waals surface area contributed by atoms with Crippen LogP contribution in [0.1, 0.15) is 11.3 Å². The molecule has 0 radical (unpaired) electrons. The second-order valence-corrected chi connectivity index (χ2v) is 5.67. The van der Waals surface area contributed by atoms with Gasteiger partial charge in [0.25, 0.3) is 0 Å². The Morgan fingerprint density at radius 2 is 1.95 bits per heavy atom. The zero-order valence-electron chi connectivity index (χ0n) is 12.0. The van der Waals surface area contributed by atoms with Crippen LogP contribution in [0.3, 0.4) is 0 Å². The van der Waals surface area contributed by atoms with Gasteiger partial charge in [-0.05, 0) is 51.8 Å². The average molecular weight is 356 g/mol. The van der Waals surface area contributed by atoms with E-state index in [0.717, 1.165) is 26.9 Å². The number of halogens is 1. The van der Waals surface area contributed by atoms with Crippen LogP contribution >= 0.6 is 15.9 Å². The van der Waals surface area contributed by atoms with Crippen LogP contribution in [0.15, 0.2) is 53.0 Å². The maximum absolute atomic E-state index is 9.87. The van der Waals surface area contributed by atoms with Crippen LogP contribution in [0.2, 0.25) is 0 Å². The molecule has 0 aliphatic carbocycles. The van der Waals surface area contributed by atoms with Gasteiger partial charge >= 0.3 is 0 Å². The molecule has 3 nitrogen and oxygen atoms in total. The first-order valence-corrected chi connectivity index (χ1v) is 7.57. The predicted molar refractivity (Wildman–Crippen MR) is 93.0 cm³/mol. The number of phenols is 1. The van der Waals surface area contributed by atoms with Crippen LogP contribution < -0.4 is 4.74 Å². The van der Waals surface area contributed by atoms with Gasteiger partial charge in [-0.3, -0.25) is 0 Å². The van der Waals surface area contributed by atoms with Crippen molar-refractivity contribution >= 4 is 39.0 Å². The Morgan fingerprint density at radius 3 is 2.73 bits per heavy atom. The van der Waals surface area contributed by atoms with E-state index in [2.05, 4.69) is 20.9 Å². The van der Waals surface area contributed by atoms with Crippen molar-refractivity contribution in [2.24, 2.45) is 0 Å². The number of nitrogens with zero attached hydrogens (tertiary/aromatic N) is 1. The number of benzene rings is 2. The second-order valence-electron chi connectivity index (χ2n) is 4.81. The second kappa shape index (κ2) is 6.20. The lowest BCUT2D eigenvalue weighted by Crippen LogP contribution is -1.85. The minimum atomic E-state index is 0.194. The summed E-state index contributed by atoms with van der Waals surface area (Å²) in [5.74, 6) is 0.992. The molecule has 22 heavy (non-hydrogen) atoms. The van der Waals surface area contributed by atoms with Gasteiger partial charge in [0.2, 0.25) is 0 Å². The molecule has 0 bridgehead atoms. The van der Waals surface area contributed by atoms with Gasteiger partial charge in [-0.15, -0.1) is 0 Å². The lowest BCUT2D eigenvalue weighted by atomic mass is 10.1. The number of fused-ring (bicyclic) bond motifs is 1. The fraction of sp³-hybridized carbons (Fsp3) is 0.0556. The van der Waals surface area contributed by atoms with Crippen LogP contribution in [0.5, 0.6) is 11.5 Å². The highest BCUT2D eigenvalue weighted by Crippen LogP contribution is 2.27. The summed E-state index contributed by atoms with van der Waals surface area (Å²) in [6, 6.07) is 15.1. The molecule has 0 amide bonds. The summed E-state index contributed by atoms with van der Waals surface area (Å²) >= 11 is 3.47. The van der Waals surface area contributed by atoms with Crippen molar-refractivity contribution in [2.75, 3.05) is 7.11 Å². The molecule has 0 fully saturated rings. The quantitative estimate of drug-likeness (QED) is 0.727. The van der Waals surface area contributed by atoms with Crippen molar-refractivity contribution in [3.8, 4) is 11.5 Å². The molecule has 1 N–H and O–H groups in total. The van der Waals surface area contributed by atoms with E-state index in [9.17, 15) is 5.11 Å². The van der Waals surface area contributed by atoms with Gasteiger partial charge in [-0.25, -0.2) is 4.98 Å². The molecule has 0 aliphatic heterocycles. The Morgan fingerprint density at radius 1 is 1.09 bits per heavy atom. The lowest BCUT2D eigenvalue weighted by molar-refractivity contribution is 0.412. The molecule has 3 aromatic rings. The van der Waals surface area contributed by atoms with E-state index in [1.807, 2.05) is 54.6 Å². The number of methoxy groups -OCH3 is 1. The Hall–Kier alpha value is -2.33. The van der Waals surface area contributed by atoms with E-state index in [1.165, 1.54) is 0 Å².